The molecule has 1 aromatic heterocycles. The molecule has 2 nitrogen and oxygen atoms in total. The number of aromatic nitrogens is 2. The van der Waals surface area contributed by atoms with Gasteiger partial charge in [0.15, 0.2) is 0 Å². The highest BCUT2D eigenvalue weighted by Gasteiger charge is 1.99. The maximum Gasteiger partial charge on any atom is 0.0940 e. The molecule has 0 unspecified atom stereocenters. The molecule has 0 fully saturated rings. The summed E-state index contributed by atoms with van der Waals surface area (Å²) >= 11 is 4.61. The summed E-state index contributed by atoms with van der Waals surface area (Å²) in [6.45, 7) is 0. The number of benzene rings is 1. The molecule has 60 valence electrons. The highest BCUT2D eigenvalue weighted by atomic mass is 127. The number of fused-ring (bicyclic) bond motifs is 1. The first-order valence-electron chi connectivity index (χ1n) is 3.34. The number of hydrogen-bond donors (Lipinski definition) is 0. The second-order valence-electron chi connectivity index (χ2n) is 2.36. The molecule has 2 rings (SSSR count). The smallest absolute Gasteiger partial charge is 0.0940 e. The van der Waals surface area contributed by atoms with Gasteiger partial charge in [-0.2, -0.15) is 10.2 Å². The summed E-state index contributed by atoms with van der Waals surface area (Å²) in [6, 6.07) is 6.14. The standard InChI is InChI=1S/C8H4I2N2/c9-6-3-5-1-2-11-12-8(5)4-7(6)10/h1-4H. The largest absolute Gasteiger partial charge is 0.159 e. The molecule has 0 bridgehead atoms. The first-order chi connectivity index (χ1) is 5.77. The van der Waals surface area contributed by atoms with Crippen LogP contribution in [0.15, 0.2) is 24.4 Å². The van der Waals surface area contributed by atoms with Crippen LogP contribution in [0, 0.1) is 7.14 Å². The van der Waals surface area contributed by atoms with E-state index < -0.39 is 0 Å². The van der Waals surface area contributed by atoms with Gasteiger partial charge >= 0.3 is 0 Å². The van der Waals surface area contributed by atoms with E-state index in [1.165, 1.54) is 7.14 Å². The number of rotatable bonds is 0. The van der Waals surface area contributed by atoms with E-state index in [1.54, 1.807) is 6.20 Å². The SMILES string of the molecule is Ic1cc2ccnnc2cc1I. The summed E-state index contributed by atoms with van der Waals surface area (Å²) in [5.74, 6) is 0. The van der Waals surface area contributed by atoms with Crippen molar-refractivity contribution < 1.29 is 0 Å². The van der Waals surface area contributed by atoms with E-state index in [2.05, 4.69) is 61.4 Å². The van der Waals surface area contributed by atoms with E-state index in [0.29, 0.717) is 0 Å². The Morgan fingerprint density at radius 2 is 1.83 bits per heavy atom. The molecule has 4 heteroatoms. The van der Waals surface area contributed by atoms with Crippen molar-refractivity contribution in [1.82, 2.24) is 10.2 Å². The van der Waals surface area contributed by atoms with Crippen LogP contribution in [-0.2, 0) is 0 Å². The molecule has 0 spiro atoms. The monoisotopic (exact) mass is 382 g/mol. The first-order valence-corrected chi connectivity index (χ1v) is 5.49. The average molecular weight is 382 g/mol. The van der Waals surface area contributed by atoms with Gasteiger partial charge in [0.2, 0.25) is 0 Å². The third-order valence-electron chi connectivity index (χ3n) is 1.56. The van der Waals surface area contributed by atoms with E-state index in [-0.39, 0.29) is 0 Å². The van der Waals surface area contributed by atoms with Crippen LogP contribution in [0.3, 0.4) is 0 Å². The second-order valence-corrected chi connectivity index (χ2v) is 4.68. The van der Waals surface area contributed by atoms with E-state index >= 15 is 0 Å². The van der Waals surface area contributed by atoms with Crippen LogP contribution in [0.4, 0.5) is 0 Å². The molecular formula is C8H4I2N2. The Kier molecular flexibility index (Phi) is 2.44. The molecule has 0 N–H and O–H groups in total. The minimum atomic E-state index is 0.960. The highest BCUT2D eigenvalue weighted by Crippen LogP contribution is 2.20. The van der Waals surface area contributed by atoms with Crippen molar-refractivity contribution in [2.45, 2.75) is 0 Å². The molecule has 0 radical (unpaired) electrons. The van der Waals surface area contributed by atoms with Gasteiger partial charge in [-0.3, -0.25) is 0 Å². The Morgan fingerprint density at radius 1 is 1.08 bits per heavy atom. The Hall–Kier alpha value is 0.0200. The van der Waals surface area contributed by atoms with Gasteiger partial charge in [-0.15, -0.1) is 0 Å². The number of hydrogen-bond acceptors (Lipinski definition) is 2. The van der Waals surface area contributed by atoms with Crippen LogP contribution >= 0.6 is 45.2 Å². The van der Waals surface area contributed by atoms with Crippen LogP contribution in [0.1, 0.15) is 0 Å². The third kappa shape index (κ3) is 1.54. The zero-order valence-electron chi connectivity index (χ0n) is 5.96. The molecule has 0 saturated heterocycles. The lowest BCUT2D eigenvalue weighted by Gasteiger charge is -1.98. The van der Waals surface area contributed by atoms with Crippen LogP contribution < -0.4 is 0 Å². The van der Waals surface area contributed by atoms with Crippen LogP contribution in [0.5, 0.6) is 0 Å². The van der Waals surface area contributed by atoms with E-state index in [9.17, 15) is 0 Å². The van der Waals surface area contributed by atoms with Crippen molar-refractivity contribution in [2.75, 3.05) is 0 Å². The van der Waals surface area contributed by atoms with Gasteiger partial charge in [0.1, 0.15) is 0 Å². The van der Waals surface area contributed by atoms with Gasteiger partial charge in [-0.05, 0) is 63.4 Å². The second kappa shape index (κ2) is 3.41. The number of halogens is 2. The predicted molar refractivity (Wildman–Crippen MR) is 65.0 cm³/mol. The number of nitrogens with zero attached hydrogens (tertiary/aromatic N) is 2. The van der Waals surface area contributed by atoms with Crippen molar-refractivity contribution in [2.24, 2.45) is 0 Å². The lowest BCUT2D eigenvalue weighted by atomic mass is 10.2. The Bertz CT molecular complexity index is 388. The average Bonchev–Trinajstić information content (AvgIpc) is 2.07. The Labute approximate surface area is 97.0 Å². The molecule has 2 aromatic rings. The lowest BCUT2D eigenvalue weighted by molar-refractivity contribution is 1.07. The summed E-state index contributed by atoms with van der Waals surface area (Å²) in [6.07, 6.45) is 1.71. The summed E-state index contributed by atoms with van der Waals surface area (Å²) in [5, 5.41) is 9.00. The van der Waals surface area contributed by atoms with E-state index in [4.69, 9.17) is 0 Å². The minimum Gasteiger partial charge on any atom is -0.159 e. The molecule has 1 aromatic carbocycles. The van der Waals surface area contributed by atoms with Gasteiger partial charge in [0, 0.05) is 12.5 Å². The molecule has 0 atom stereocenters. The molecule has 0 aliphatic rings. The van der Waals surface area contributed by atoms with Crippen LogP contribution in [0.25, 0.3) is 10.9 Å². The van der Waals surface area contributed by atoms with Crippen molar-refractivity contribution in [3.63, 3.8) is 0 Å². The molecule has 0 aliphatic carbocycles. The van der Waals surface area contributed by atoms with Crippen LogP contribution in [-0.4, -0.2) is 10.2 Å². The minimum absolute atomic E-state index is 0.960. The lowest BCUT2D eigenvalue weighted by Crippen LogP contribution is -1.85. The Morgan fingerprint density at radius 3 is 2.67 bits per heavy atom. The summed E-state index contributed by atoms with van der Waals surface area (Å²) in [5.41, 5.74) is 0.960. The fourth-order valence-electron chi connectivity index (χ4n) is 0.981. The van der Waals surface area contributed by atoms with Crippen LogP contribution in [0.2, 0.25) is 0 Å². The zero-order valence-corrected chi connectivity index (χ0v) is 10.3. The fraction of sp³-hybridized carbons (Fsp3) is 0. The highest BCUT2D eigenvalue weighted by molar-refractivity contribution is 14.1. The maximum atomic E-state index is 4.03. The van der Waals surface area contributed by atoms with E-state index in [0.717, 1.165) is 10.9 Å². The molecule has 12 heavy (non-hydrogen) atoms. The maximum absolute atomic E-state index is 4.03. The third-order valence-corrected chi connectivity index (χ3v) is 4.37. The van der Waals surface area contributed by atoms with Gasteiger partial charge in [0.25, 0.3) is 0 Å². The molecule has 0 aliphatic heterocycles. The van der Waals surface area contributed by atoms with Gasteiger partial charge in [-0.25, -0.2) is 0 Å². The summed E-state index contributed by atoms with van der Waals surface area (Å²) in [7, 11) is 0. The van der Waals surface area contributed by atoms with Gasteiger partial charge in [-0.1, -0.05) is 0 Å². The summed E-state index contributed by atoms with van der Waals surface area (Å²) in [4.78, 5) is 0. The topological polar surface area (TPSA) is 25.8 Å². The first kappa shape index (κ1) is 8.61. The van der Waals surface area contributed by atoms with Crippen molar-refractivity contribution in [3.8, 4) is 0 Å². The van der Waals surface area contributed by atoms with Crippen molar-refractivity contribution >= 4 is 56.1 Å². The fourth-order valence-corrected chi connectivity index (χ4v) is 1.92. The van der Waals surface area contributed by atoms with Crippen molar-refractivity contribution in [1.29, 1.82) is 0 Å². The molecule has 0 saturated carbocycles. The molecular weight excluding hydrogens is 378 g/mol. The normalized spacial score (nSPS) is 10.5. The van der Waals surface area contributed by atoms with Gasteiger partial charge in [0.05, 0.1) is 11.7 Å². The Balaban J connectivity index is 2.84. The van der Waals surface area contributed by atoms with E-state index in [1.807, 2.05) is 12.1 Å². The zero-order chi connectivity index (χ0) is 8.55. The predicted octanol–water partition coefficient (Wildman–Crippen LogP) is 2.84. The molecule has 1 heterocycles. The van der Waals surface area contributed by atoms with Gasteiger partial charge < -0.3 is 0 Å². The summed E-state index contributed by atoms with van der Waals surface area (Å²) < 4.78 is 2.48. The molecule has 0 amide bonds. The van der Waals surface area contributed by atoms with Crippen molar-refractivity contribution in [3.05, 3.63) is 31.5 Å². The quantitative estimate of drug-likeness (QED) is 0.656.